The van der Waals surface area contributed by atoms with E-state index < -0.39 is 5.91 Å². The molecular formula is C19H22N8O. The van der Waals surface area contributed by atoms with Crippen LogP contribution in [0.5, 0.6) is 0 Å². The molecule has 9 heteroatoms. The lowest BCUT2D eigenvalue weighted by molar-refractivity contribution is 0.102. The number of amides is 1. The van der Waals surface area contributed by atoms with Crippen molar-refractivity contribution in [3.05, 3.63) is 64.2 Å². The number of aromatic nitrogens is 1. The molecule has 1 aromatic carbocycles. The quantitative estimate of drug-likeness (QED) is 0.226. The van der Waals surface area contributed by atoms with E-state index in [1.807, 2.05) is 6.07 Å². The topological polar surface area (TPSA) is 171 Å². The zero-order valence-corrected chi connectivity index (χ0v) is 15.9. The van der Waals surface area contributed by atoms with E-state index in [1.165, 1.54) is 17.4 Å². The summed E-state index contributed by atoms with van der Waals surface area (Å²) >= 11 is 0. The molecule has 0 radical (unpaired) electrons. The first kappa shape index (κ1) is 20.4. The molecule has 0 aliphatic heterocycles. The molecule has 9 nitrogen and oxygen atoms in total. The maximum atomic E-state index is 12.6. The van der Waals surface area contributed by atoms with E-state index in [0.717, 1.165) is 0 Å². The number of rotatable bonds is 5. The highest BCUT2D eigenvalue weighted by Gasteiger charge is 2.16. The van der Waals surface area contributed by atoms with Crippen LogP contribution >= 0.6 is 0 Å². The molecule has 0 atom stereocenters. The summed E-state index contributed by atoms with van der Waals surface area (Å²) in [6, 6.07) is 6.78. The minimum Gasteiger partial charge on any atom is -0.398 e. The summed E-state index contributed by atoms with van der Waals surface area (Å²) in [5.74, 6) is 5.09. The SMILES string of the molecule is Cc1c(C#N)cnc(C(=O)Nc2ccc(N)c(C(=N)/C(N)=C/N(C)N)c2)c1C. The number of benzene rings is 1. The smallest absolute Gasteiger partial charge is 0.274 e. The van der Waals surface area contributed by atoms with E-state index in [1.54, 1.807) is 39.1 Å². The predicted molar refractivity (Wildman–Crippen MR) is 108 cm³/mol. The Morgan fingerprint density at radius 1 is 1.36 bits per heavy atom. The normalized spacial score (nSPS) is 10.9. The number of anilines is 2. The lowest BCUT2D eigenvalue weighted by Gasteiger charge is -2.14. The predicted octanol–water partition coefficient (Wildman–Crippen LogP) is 1.38. The van der Waals surface area contributed by atoms with Crippen molar-refractivity contribution < 1.29 is 4.79 Å². The second-order valence-corrected chi connectivity index (χ2v) is 6.26. The van der Waals surface area contributed by atoms with Gasteiger partial charge < -0.3 is 21.8 Å². The van der Waals surface area contributed by atoms with Gasteiger partial charge in [0.1, 0.15) is 11.8 Å². The molecule has 0 saturated carbocycles. The van der Waals surface area contributed by atoms with Crippen LogP contribution in [0.25, 0.3) is 0 Å². The van der Waals surface area contributed by atoms with Crippen LogP contribution in [0.1, 0.15) is 32.7 Å². The van der Waals surface area contributed by atoms with Gasteiger partial charge in [-0.1, -0.05) is 0 Å². The van der Waals surface area contributed by atoms with Crippen LogP contribution in [0.3, 0.4) is 0 Å². The van der Waals surface area contributed by atoms with Gasteiger partial charge in [-0.15, -0.1) is 0 Å². The van der Waals surface area contributed by atoms with Gasteiger partial charge in [0, 0.05) is 36.4 Å². The summed E-state index contributed by atoms with van der Waals surface area (Å²) in [6.45, 7) is 3.50. The van der Waals surface area contributed by atoms with Crippen LogP contribution in [0.4, 0.5) is 11.4 Å². The second-order valence-electron chi connectivity index (χ2n) is 6.26. The van der Waals surface area contributed by atoms with Gasteiger partial charge in [0.25, 0.3) is 5.91 Å². The number of allylic oxidation sites excluding steroid dienone is 1. The van der Waals surface area contributed by atoms with E-state index in [9.17, 15) is 4.79 Å². The van der Waals surface area contributed by atoms with Crippen LogP contribution < -0.4 is 22.6 Å². The highest BCUT2D eigenvalue weighted by atomic mass is 16.1. The molecule has 0 saturated heterocycles. The third kappa shape index (κ3) is 4.25. The first-order chi connectivity index (χ1) is 13.1. The van der Waals surface area contributed by atoms with Crippen LogP contribution in [0, 0.1) is 30.6 Å². The van der Waals surface area contributed by atoms with Gasteiger partial charge in [0.15, 0.2) is 0 Å². The van der Waals surface area contributed by atoms with E-state index >= 15 is 0 Å². The maximum Gasteiger partial charge on any atom is 0.274 e. The zero-order valence-electron chi connectivity index (χ0n) is 15.9. The summed E-state index contributed by atoms with van der Waals surface area (Å²) < 4.78 is 0. The lowest BCUT2D eigenvalue weighted by atomic mass is 10.0. The molecule has 0 fully saturated rings. The van der Waals surface area contributed by atoms with Crippen molar-refractivity contribution >= 4 is 23.0 Å². The summed E-state index contributed by atoms with van der Waals surface area (Å²) in [6.07, 6.45) is 2.76. The van der Waals surface area contributed by atoms with Gasteiger partial charge in [-0.3, -0.25) is 10.2 Å². The summed E-state index contributed by atoms with van der Waals surface area (Å²) in [5.41, 5.74) is 15.0. The molecule has 2 rings (SSSR count). The van der Waals surface area contributed by atoms with Crippen LogP contribution in [-0.2, 0) is 0 Å². The summed E-state index contributed by atoms with van der Waals surface area (Å²) in [5, 5.41) is 21.2. The fourth-order valence-corrected chi connectivity index (χ4v) is 2.52. The maximum absolute atomic E-state index is 12.6. The second kappa shape index (κ2) is 8.20. The van der Waals surface area contributed by atoms with Gasteiger partial charge in [-0.05, 0) is 43.2 Å². The Labute approximate surface area is 162 Å². The number of nitrogens with two attached hydrogens (primary N) is 3. The molecule has 1 heterocycles. The fraction of sp³-hybridized carbons (Fsp3) is 0.158. The van der Waals surface area contributed by atoms with E-state index in [2.05, 4.69) is 10.3 Å². The molecule has 1 aromatic heterocycles. The van der Waals surface area contributed by atoms with Crippen molar-refractivity contribution in [3.8, 4) is 6.07 Å². The molecular weight excluding hydrogens is 356 g/mol. The standard InChI is InChI=1S/C19H22N8O/c1-10-11(2)18(25-8-12(10)7-20)19(28)26-13-4-5-15(21)14(6-13)17(23)16(22)9-27(3)24/h4-6,8-9,23H,21-22,24H2,1-3H3,(H,26,28)/b16-9-,23-17?. The van der Waals surface area contributed by atoms with Gasteiger partial charge in [-0.2, -0.15) is 5.26 Å². The Kier molecular flexibility index (Phi) is 5.98. The first-order valence-corrected chi connectivity index (χ1v) is 8.27. The Morgan fingerprint density at radius 3 is 2.64 bits per heavy atom. The molecule has 28 heavy (non-hydrogen) atoms. The minimum absolute atomic E-state index is 0.0191. The van der Waals surface area contributed by atoms with Gasteiger partial charge in [-0.25, -0.2) is 10.8 Å². The molecule has 0 aliphatic carbocycles. The molecule has 0 spiro atoms. The zero-order chi connectivity index (χ0) is 21.0. The first-order valence-electron chi connectivity index (χ1n) is 8.27. The third-order valence-electron chi connectivity index (χ3n) is 4.19. The molecule has 8 N–H and O–H groups in total. The average Bonchev–Trinajstić information content (AvgIpc) is 2.64. The number of nitrogens with one attached hydrogen (secondary N) is 2. The van der Waals surface area contributed by atoms with Crippen molar-refractivity contribution in [3.63, 3.8) is 0 Å². The Balaban J connectivity index is 2.34. The van der Waals surface area contributed by atoms with Crippen molar-refractivity contribution in [2.24, 2.45) is 11.6 Å². The van der Waals surface area contributed by atoms with Crippen LogP contribution in [0.2, 0.25) is 0 Å². The molecule has 144 valence electrons. The highest BCUT2D eigenvalue weighted by molar-refractivity contribution is 6.14. The van der Waals surface area contributed by atoms with Gasteiger partial charge >= 0.3 is 0 Å². The Bertz CT molecular complexity index is 1020. The van der Waals surface area contributed by atoms with Crippen molar-refractivity contribution in [2.75, 3.05) is 18.1 Å². The van der Waals surface area contributed by atoms with E-state index in [0.29, 0.717) is 33.6 Å². The monoisotopic (exact) mass is 378 g/mol. The number of carbonyl (C=O) groups excluding carboxylic acids is 1. The summed E-state index contributed by atoms with van der Waals surface area (Å²) in [7, 11) is 1.58. The number of hydrogen-bond donors (Lipinski definition) is 5. The van der Waals surface area contributed by atoms with Crippen molar-refractivity contribution in [1.82, 2.24) is 9.99 Å². The van der Waals surface area contributed by atoms with Crippen LogP contribution in [0.15, 0.2) is 36.3 Å². The van der Waals surface area contributed by atoms with Crippen LogP contribution in [-0.4, -0.2) is 28.7 Å². The van der Waals surface area contributed by atoms with Gasteiger partial charge in [0.2, 0.25) is 0 Å². The van der Waals surface area contributed by atoms with Crippen molar-refractivity contribution in [2.45, 2.75) is 13.8 Å². The number of pyridine rings is 1. The molecule has 2 aromatic rings. The molecule has 0 bridgehead atoms. The molecule has 0 unspecified atom stereocenters. The number of nitrogen functional groups attached to an aromatic ring is 1. The Morgan fingerprint density at radius 2 is 2.04 bits per heavy atom. The third-order valence-corrected chi connectivity index (χ3v) is 4.19. The number of hydrogen-bond acceptors (Lipinski definition) is 8. The molecule has 0 aliphatic rings. The largest absolute Gasteiger partial charge is 0.398 e. The van der Waals surface area contributed by atoms with E-state index in [-0.39, 0.29) is 17.1 Å². The number of nitrogens with zero attached hydrogens (tertiary/aromatic N) is 3. The highest BCUT2D eigenvalue weighted by Crippen LogP contribution is 2.22. The van der Waals surface area contributed by atoms with Gasteiger partial charge in [0.05, 0.1) is 17.0 Å². The Hall–Kier alpha value is -3.90. The van der Waals surface area contributed by atoms with Crippen molar-refractivity contribution in [1.29, 1.82) is 10.7 Å². The number of nitriles is 1. The number of hydrazine groups is 1. The average molecular weight is 378 g/mol. The number of carbonyl (C=O) groups is 1. The minimum atomic E-state index is -0.433. The summed E-state index contributed by atoms with van der Waals surface area (Å²) in [4.78, 5) is 16.7. The lowest BCUT2D eigenvalue weighted by Crippen LogP contribution is -2.24. The van der Waals surface area contributed by atoms with E-state index in [4.69, 9.17) is 28.0 Å². The molecule has 1 amide bonds. The fourth-order valence-electron chi connectivity index (χ4n) is 2.52.